The zero-order valence-corrected chi connectivity index (χ0v) is 9.26. The summed E-state index contributed by atoms with van der Waals surface area (Å²) in [5.41, 5.74) is 6.53. The lowest BCUT2D eigenvalue weighted by atomic mass is 9.93. The Labute approximate surface area is 95.6 Å². The van der Waals surface area contributed by atoms with Crippen LogP contribution in [0.15, 0.2) is 30.3 Å². The Morgan fingerprint density at radius 1 is 1.19 bits per heavy atom. The molecule has 0 radical (unpaired) electrons. The summed E-state index contributed by atoms with van der Waals surface area (Å²) in [5, 5.41) is 0. The molecule has 0 spiro atoms. The van der Waals surface area contributed by atoms with E-state index in [1.54, 1.807) is 12.1 Å². The Balaban J connectivity index is 1.96. The Hall–Kier alpha value is -1.35. The molecule has 2 rings (SSSR count). The number of ether oxygens (including phenoxy) is 1. The zero-order valence-electron chi connectivity index (χ0n) is 9.26. The summed E-state index contributed by atoms with van der Waals surface area (Å²) in [7, 11) is 0. The lowest BCUT2D eigenvalue weighted by Crippen LogP contribution is -2.40. The van der Waals surface area contributed by atoms with Crippen LogP contribution in [0.1, 0.15) is 36.0 Å². The summed E-state index contributed by atoms with van der Waals surface area (Å²) in [6.07, 6.45) is 3.97. The number of rotatable bonds is 2. The molecule has 1 fully saturated rings. The quantitative estimate of drug-likeness (QED) is 0.775. The Morgan fingerprint density at radius 2 is 1.88 bits per heavy atom. The maximum atomic E-state index is 11.8. The maximum absolute atomic E-state index is 11.8. The highest BCUT2D eigenvalue weighted by Crippen LogP contribution is 2.20. The number of hydrogen-bond donors (Lipinski definition) is 1. The average Bonchev–Trinajstić information content (AvgIpc) is 2.33. The monoisotopic (exact) mass is 219 g/mol. The largest absolute Gasteiger partial charge is 0.457 e. The summed E-state index contributed by atoms with van der Waals surface area (Å²) < 4.78 is 5.43. The van der Waals surface area contributed by atoms with Crippen LogP contribution in [0.5, 0.6) is 0 Å². The van der Waals surface area contributed by atoms with Gasteiger partial charge in [-0.15, -0.1) is 0 Å². The Morgan fingerprint density at radius 3 is 2.56 bits per heavy atom. The number of hydrogen-bond acceptors (Lipinski definition) is 3. The minimum atomic E-state index is -0.261. The van der Waals surface area contributed by atoms with Gasteiger partial charge in [0.25, 0.3) is 0 Å². The molecule has 1 aromatic rings. The Kier molecular flexibility index (Phi) is 3.57. The van der Waals surface area contributed by atoms with Gasteiger partial charge in [-0.2, -0.15) is 0 Å². The summed E-state index contributed by atoms with van der Waals surface area (Å²) in [6.45, 7) is 0. The van der Waals surface area contributed by atoms with Crippen molar-refractivity contribution in [1.82, 2.24) is 0 Å². The number of benzene rings is 1. The fourth-order valence-electron chi connectivity index (χ4n) is 2.05. The molecule has 1 aromatic carbocycles. The van der Waals surface area contributed by atoms with E-state index in [0.717, 1.165) is 25.7 Å². The fraction of sp³-hybridized carbons (Fsp3) is 0.462. The molecule has 3 heteroatoms. The topological polar surface area (TPSA) is 52.3 Å². The predicted octanol–water partition coefficient (Wildman–Crippen LogP) is 2.11. The summed E-state index contributed by atoms with van der Waals surface area (Å²) in [5.74, 6) is -0.261. The second kappa shape index (κ2) is 5.12. The highest BCUT2D eigenvalue weighted by molar-refractivity contribution is 5.89. The van der Waals surface area contributed by atoms with E-state index in [2.05, 4.69) is 0 Å². The highest BCUT2D eigenvalue weighted by atomic mass is 16.5. The van der Waals surface area contributed by atoms with Gasteiger partial charge < -0.3 is 10.5 Å². The van der Waals surface area contributed by atoms with Crippen molar-refractivity contribution in [2.24, 2.45) is 5.73 Å². The van der Waals surface area contributed by atoms with Crippen molar-refractivity contribution in [2.45, 2.75) is 37.8 Å². The van der Waals surface area contributed by atoms with E-state index >= 15 is 0 Å². The van der Waals surface area contributed by atoms with Gasteiger partial charge in [-0.25, -0.2) is 4.79 Å². The molecule has 2 N–H and O–H groups in total. The van der Waals surface area contributed by atoms with E-state index in [0.29, 0.717) is 5.56 Å². The minimum absolute atomic E-state index is 0.00131. The van der Waals surface area contributed by atoms with Gasteiger partial charge in [-0.3, -0.25) is 0 Å². The van der Waals surface area contributed by atoms with Crippen LogP contribution in [-0.4, -0.2) is 18.1 Å². The molecular weight excluding hydrogens is 202 g/mol. The van der Waals surface area contributed by atoms with E-state index in [1.807, 2.05) is 18.2 Å². The average molecular weight is 219 g/mol. The van der Waals surface area contributed by atoms with E-state index in [9.17, 15) is 4.79 Å². The molecule has 86 valence electrons. The highest BCUT2D eigenvalue weighted by Gasteiger charge is 2.25. The molecule has 16 heavy (non-hydrogen) atoms. The third-order valence-corrected chi connectivity index (χ3v) is 3.02. The summed E-state index contributed by atoms with van der Waals surface area (Å²) in [4.78, 5) is 11.8. The minimum Gasteiger partial charge on any atom is -0.457 e. The zero-order chi connectivity index (χ0) is 11.4. The van der Waals surface area contributed by atoms with E-state index in [4.69, 9.17) is 10.5 Å². The van der Waals surface area contributed by atoms with Crippen molar-refractivity contribution in [3.05, 3.63) is 35.9 Å². The van der Waals surface area contributed by atoms with Crippen molar-refractivity contribution in [1.29, 1.82) is 0 Å². The maximum Gasteiger partial charge on any atom is 0.338 e. The van der Waals surface area contributed by atoms with Gasteiger partial charge in [0.05, 0.1) is 5.56 Å². The molecule has 0 amide bonds. The van der Waals surface area contributed by atoms with Crippen LogP contribution in [0.3, 0.4) is 0 Å². The van der Waals surface area contributed by atoms with Gasteiger partial charge in [0.2, 0.25) is 0 Å². The molecule has 2 atom stereocenters. The van der Waals surface area contributed by atoms with Crippen molar-refractivity contribution in [2.75, 3.05) is 0 Å². The van der Waals surface area contributed by atoms with Gasteiger partial charge in [0, 0.05) is 6.04 Å². The molecule has 0 bridgehead atoms. The van der Waals surface area contributed by atoms with Crippen LogP contribution >= 0.6 is 0 Å². The molecule has 0 saturated heterocycles. The number of esters is 1. The van der Waals surface area contributed by atoms with Crippen molar-refractivity contribution < 1.29 is 9.53 Å². The van der Waals surface area contributed by atoms with Crippen LogP contribution in [0.25, 0.3) is 0 Å². The third-order valence-electron chi connectivity index (χ3n) is 3.02. The molecule has 1 saturated carbocycles. The second-order valence-electron chi connectivity index (χ2n) is 4.26. The first-order valence-electron chi connectivity index (χ1n) is 5.79. The summed E-state index contributed by atoms with van der Waals surface area (Å²) in [6, 6.07) is 9.06. The molecule has 1 aliphatic carbocycles. The van der Waals surface area contributed by atoms with Gasteiger partial charge >= 0.3 is 5.97 Å². The predicted molar refractivity (Wildman–Crippen MR) is 62.1 cm³/mol. The number of carbonyl (C=O) groups excluding carboxylic acids is 1. The van der Waals surface area contributed by atoms with Crippen molar-refractivity contribution in [3.8, 4) is 0 Å². The first-order valence-corrected chi connectivity index (χ1v) is 5.79. The SMILES string of the molecule is NC1CCCCC1OC(=O)c1ccccc1. The molecule has 0 aliphatic heterocycles. The van der Waals surface area contributed by atoms with Crippen molar-refractivity contribution in [3.63, 3.8) is 0 Å². The Bertz CT molecular complexity index is 350. The van der Waals surface area contributed by atoms with Gasteiger partial charge in [-0.05, 0) is 31.4 Å². The summed E-state index contributed by atoms with van der Waals surface area (Å²) >= 11 is 0. The second-order valence-corrected chi connectivity index (χ2v) is 4.26. The first kappa shape index (κ1) is 11.1. The number of nitrogens with two attached hydrogens (primary N) is 1. The van der Waals surface area contributed by atoms with E-state index in [1.165, 1.54) is 0 Å². The van der Waals surface area contributed by atoms with Crippen LogP contribution < -0.4 is 5.73 Å². The third kappa shape index (κ3) is 2.61. The van der Waals surface area contributed by atoms with Gasteiger partial charge in [-0.1, -0.05) is 24.6 Å². The molecule has 0 aromatic heterocycles. The van der Waals surface area contributed by atoms with Gasteiger partial charge in [0.15, 0.2) is 0 Å². The lowest BCUT2D eigenvalue weighted by Gasteiger charge is -2.28. The molecule has 1 aliphatic rings. The smallest absolute Gasteiger partial charge is 0.338 e. The number of carbonyl (C=O) groups is 1. The van der Waals surface area contributed by atoms with E-state index < -0.39 is 0 Å². The molecule has 2 unspecified atom stereocenters. The van der Waals surface area contributed by atoms with Gasteiger partial charge in [0.1, 0.15) is 6.10 Å². The van der Waals surface area contributed by atoms with Crippen molar-refractivity contribution >= 4 is 5.97 Å². The van der Waals surface area contributed by atoms with Crippen LogP contribution in [0.4, 0.5) is 0 Å². The van der Waals surface area contributed by atoms with E-state index in [-0.39, 0.29) is 18.1 Å². The first-order chi connectivity index (χ1) is 7.77. The molecule has 3 nitrogen and oxygen atoms in total. The standard InChI is InChI=1S/C13H17NO2/c14-11-8-4-5-9-12(11)16-13(15)10-6-2-1-3-7-10/h1-3,6-7,11-12H,4-5,8-9,14H2. The molecule has 0 heterocycles. The van der Waals surface area contributed by atoms with Crippen LogP contribution in [-0.2, 0) is 4.74 Å². The fourth-order valence-corrected chi connectivity index (χ4v) is 2.05. The van der Waals surface area contributed by atoms with Crippen LogP contribution in [0, 0.1) is 0 Å². The molecular formula is C13H17NO2. The lowest BCUT2D eigenvalue weighted by molar-refractivity contribution is 0.0151. The normalized spacial score (nSPS) is 25.1. The van der Waals surface area contributed by atoms with Crippen LogP contribution in [0.2, 0.25) is 0 Å².